The van der Waals surface area contributed by atoms with Gasteiger partial charge >= 0.3 is 12.0 Å². The third kappa shape index (κ3) is 1.91. The Kier molecular flexibility index (Phi) is 2.30. The van der Waals surface area contributed by atoms with Crippen LogP contribution >= 0.6 is 0 Å². The van der Waals surface area contributed by atoms with E-state index >= 15 is 0 Å². The smallest absolute Gasteiger partial charge is 0.330 e. The number of nitrogens with one attached hydrogen (secondary N) is 1. The van der Waals surface area contributed by atoms with E-state index in [-0.39, 0.29) is 6.01 Å². The molecule has 2 aromatic heterocycles. The number of rotatable bonds is 2. The Hall–Kier alpha value is -2.02. The molecule has 0 saturated heterocycles. The van der Waals surface area contributed by atoms with Crippen molar-refractivity contribution in [2.24, 2.45) is 5.73 Å². The summed E-state index contributed by atoms with van der Waals surface area (Å²) in [4.78, 5) is 25.6. The van der Waals surface area contributed by atoms with Crippen LogP contribution < -0.4 is 10.5 Å². The maximum atomic E-state index is 11.1. The molecule has 0 spiro atoms. The molecule has 2 aromatic rings. The first-order valence-electron chi connectivity index (χ1n) is 4.30. The van der Waals surface area contributed by atoms with Crippen LogP contribution in [0.1, 0.15) is 6.92 Å². The number of carbonyl (C=O) groups is 1. The van der Waals surface area contributed by atoms with Crippen LogP contribution in [0.25, 0.3) is 11.2 Å². The molecule has 15 heavy (non-hydrogen) atoms. The molecular formula is C8H9N5O2. The zero-order valence-corrected chi connectivity index (χ0v) is 7.97. The molecule has 7 nitrogen and oxygen atoms in total. The van der Waals surface area contributed by atoms with Crippen molar-refractivity contribution >= 4 is 17.1 Å². The summed E-state index contributed by atoms with van der Waals surface area (Å²) in [5.74, 6) is -0.579. The molecule has 78 valence electrons. The van der Waals surface area contributed by atoms with Gasteiger partial charge in [-0.25, -0.2) is 14.8 Å². The summed E-state index contributed by atoms with van der Waals surface area (Å²) in [6.07, 6.45) is 2.97. The number of aromatic amines is 1. The molecule has 2 rings (SSSR count). The van der Waals surface area contributed by atoms with Crippen molar-refractivity contribution < 1.29 is 9.53 Å². The fraction of sp³-hybridized carbons (Fsp3) is 0.250. The molecule has 0 aliphatic rings. The lowest BCUT2D eigenvalue weighted by Gasteiger charge is -2.03. The number of nitrogens with zero attached hydrogens (tertiary/aromatic N) is 3. The largest absolute Gasteiger partial charge is 0.390 e. The van der Waals surface area contributed by atoms with Gasteiger partial charge in [-0.15, -0.1) is 0 Å². The quantitative estimate of drug-likeness (QED) is 0.649. The molecule has 1 atom stereocenters. The second-order valence-electron chi connectivity index (χ2n) is 3.00. The van der Waals surface area contributed by atoms with E-state index in [1.54, 1.807) is 0 Å². The van der Waals surface area contributed by atoms with E-state index in [4.69, 9.17) is 10.5 Å². The Morgan fingerprint density at radius 1 is 1.60 bits per heavy atom. The Morgan fingerprint density at radius 3 is 3.13 bits per heavy atom. The van der Waals surface area contributed by atoms with Gasteiger partial charge in [0.1, 0.15) is 11.6 Å². The number of esters is 1. The number of ether oxygens (including phenoxy) is 1. The summed E-state index contributed by atoms with van der Waals surface area (Å²) in [6.45, 7) is 1.52. The molecule has 0 aliphatic carbocycles. The number of nitrogens with two attached hydrogens (primary N) is 1. The number of imidazole rings is 1. The van der Waals surface area contributed by atoms with Gasteiger partial charge in [0.05, 0.1) is 12.5 Å². The first-order valence-corrected chi connectivity index (χ1v) is 4.30. The van der Waals surface area contributed by atoms with Crippen molar-refractivity contribution in [1.82, 2.24) is 19.9 Å². The van der Waals surface area contributed by atoms with Gasteiger partial charge in [-0.2, -0.15) is 4.98 Å². The minimum atomic E-state index is -0.705. The summed E-state index contributed by atoms with van der Waals surface area (Å²) in [5.41, 5.74) is 6.44. The molecule has 0 fully saturated rings. The molecule has 0 saturated carbocycles. The second kappa shape index (κ2) is 3.62. The fourth-order valence-corrected chi connectivity index (χ4v) is 0.952. The summed E-state index contributed by atoms with van der Waals surface area (Å²) < 4.78 is 4.81. The number of hydrogen-bond acceptors (Lipinski definition) is 6. The maximum absolute atomic E-state index is 11.1. The molecule has 0 aliphatic heterocycles. The third-order valence-electron chi connectivity index (χ3n) is 1.72. The van der Waals surface area contributed by atoms with Crippen molar-refractivity contribution in [3.05, 3.63) is 12.5 Å². The van der Waals surface area contributed by atoms with Gasteiger partial charge in [0, 0.05) is 0 Å². The van der Waals surface area contributed by atoms with Crippen LogP contribution in [0.15, 0.2) is 12.5 Å². The van der Waals surface area contributed by atoms with Crippen LogP contribution in [0.5, 0.6) is 6.01 Å². The van der Waals surface area contributed by atoms with Gasteiger partial charge in [-0.05, 0) is 6.92 Å². The summed E-state index contributed by atoms with van der Waals surface area (Å²) >= 11 is 0. The highest BCUT2D eigenvalue weighted by Gasteiger charge is 2.12. The molecular weight excluding hydrogens is 198 g/mol. The molecule has 2 heterocycles. The number of carbonyl (C=O) groups excluding carboxylic acids is 1. The Morgan fingerprint density at radius 2 is 2.40 bits per heavy atom. The molecule has 0 aromatic carbocycles. The van der Waals surface area contributed by atoms with Crippen molar-refractivity contribution in [1.29, 1.82) is 0 Å². The topological polar surface area (TPSA) is 107 Å². The van der Waals surface area contributed by atoms with E-state index in [1.165, 1.54) is 19.4 Å². The lowest BCUT2D eigenvalue weighted by molar-refractivity contribution is -0.135. The predicted octanol–water partition coefficient (Wildman–Crippen LogP) is -0.395. The van der Waals surface area contributed by atoms with Crippen molar-refractivity contribution in [3.8, 4) is 6.01 Å². The molecule has 0 radical (unpaired) electrons. The van der Waals surface area contributed by atoms with Crippen LogP contribution in [-0.4, -0.2) is 31.9 Å². The van der Waals surface area contributed by atoms with Gasteiger partial charge < -0.3 is 15.5 Å². The van der Waals surface area contributed by atoms with E-state index in [1.807, 2.05) is 0 Å². The minimum Gasteiger partial charge on any atom is -0.390 e. The predicted molar refractivity (Wildman–Crippen MR) is 51.0 cm³/mol. The fourth-order valence-electron chi connectivity index (χ4n) is 0.952. The Balaban J connectivity index is 2.25. The summed E-state index contributed by atoms with van der Waals surface area (Å²) in [5, 5.41) is 0. The monoisotopic (exact) mass is 207 g/mol. The van der Waals surface area contributed by atoms with Crippen LogP contribution in [0.4, 0.5) is 0 Å². The number of H-pyrrole nitrogens is 1. The zero-order chi connectivity index (χ0) is 10.8. The van der Waals surface area contributed by atoms with Crippen LogP contribution in [0, 0.1) is 0 Å². The van der Waals surface area contributed by atoms with Crippen LogP contribution in [0.3, 0.4) is 0 Å². The minimum absolute atomic E-state index is 0.0445. The average Bonchev–Trinajstić information content (AvgIpc) is 2.64. The van der Waals surface area contributed by atoms with Gasteiger partial charge in [-0.1, -0.05) is 0 Å². The van der Waals surface area contributed by atoms with E-state index in [0.717, 1.165) is 0 Å². The highest BCUT2D eigenvalue weighted by atomic mass is 16.5. The molecule has 0 bridgehead atoms. The second-order valence-corrected chi connectivity index (χ2v) is 3.00. The molecule has 7 heteroatoms. The average molecular weight is 207 g/mol. The van der Waals surface area contributed by atoms with Crippen molar-refractivity contribution in [2.75, 3.05) is 0 Å². The van der Waals surface area contributed by atoms with E-state index < -0.39 is 12.0 Å². The lowest BCUT2D eigenvalue weighted by Crippen LogP contribution is -2.31. The number of hydrogen-bond donors (Lipinski definition) is 2. The normalized spacial score (nSPS) is 12.7. The Bertz CT molecular complexity index is 492. The van der Waals surface area contributed by atoms with Crippen molar-refractivity contribution in [2.45, 2.75) is 13.0 Å². The van der Waals surface area contributed by atoms with Gasteiger partial charge in [0.2, 0.25) is 0 Å². The highest BCUT2D eigenvalue weighted by Crippen LogP contribution is 2.08. The lowest BCUT2D eigenvalue weighted by atomic mass is 10.4. The zero-order valence-electron chi connectivity index (χ0n) is 7.97. The molecule has 0 amide bonds. The van der Waals surface area contributed by atoms with E-state index in [2.05, 4.69) is 19.9 Å². The number of fused-ring (bicyclic) bond motifs is 1. The SMILES string of the molecule is C[C@H](N)C(=O)Oc1ncc2[nH]cnc2n1. The van der Waals surface area contributed by atoms with Crippen LogP contribution in [-0.2, 0) is 4.79 Å². The van der Waals surface area contributed by atoms with E-state index in [0.29, 0.717) is 11.2 Å². The first kappa shape index (κ1) is 9.53. The molecule has 3 N–H and O–H groups in total. The summed E-state index contributed by atoms with van der Waals surface area (Å²) in [6, 6.07) is -0.750. The maximum Gasteiger partial charge on any atom is 0.330 e. The third-order valence-corrected chi connectivity index (χ3v) is 1.72. The van der Waals surface area contributed by atoms with Gasteiger partial charge in [0.15, 0.2) is 5.65 Å². The summed E-state index contributed by atoms with van der Waals surface area (Å²) in [7, 11) is 0. The molecule has 0 unspecified atom stereocenters. The van der Waals surface area contributed by atoms with E-state index in [9.17, 15) is 4.79 Å². The number of aromatic nitrogens is 4. The first-order chi connectivity index (χ1) is 7.16. The van der Waals surface area contributed by atoms with Crippen molar-refractivity contribution in [3.63, 3.8) is 0 Å². The van der Waals surface area contributed by atoms with Gasteiger partial charge in [-0.3, -0.25) is 0 Å². The standard InChI is InChI=1S/C8H9N5O2/c1-4(9)7(14)15-8-10-2-5-6(13-8)12-3-11-5/h2-4H,9H2,1H3,(H,10,11,12,13)/t4-/m0/s1. The highest BCUT2D eigenvalue weighted by molar-refractivity contribution is 5.77. The van der Waals surface area contributed by atoms with Crippen LogP contribution in [0.2, 0.25) is 0 Å². The van der Waals surface area contributed by atoms with Gasteiger partial charge in [0.25, 0.3) is 0 Å². The Labute approximate surface area is 84.7 Å².